The van der Waals surface area contributed by atoms with E-state index in [1.165, 1.54) is 24.3 Å². The number of halogens is 1. The highest BCUT2D eigenvalue weighted by Gasteiger charge is 2.22. The summed E-state index contributed by atoms with van der Waals surface area (Å²) in [6.45, 7) is 7.40. The molecule has 2 rings (SSSR count). The number of amides is 1. The van der Waals surface area contributed by atoms with Crippen molar-refractivity contribution in [3.8, 4) is 5.75 Å². The van der Waals surface area contributed by atoms with Gasteiger partial charge in [0.1, 0.15) is 17.3 Å². The first-order valence-corrected chi connectivity index (χ1v) is 5.66. The first kappa shape index (κ1) is 12.4. The number of carbonyl (C=O) groups is 1. The lowest BCUT2D eigenvalue weighted by atomic mass is 10.0. The number of hydrogen-bond acceptors (Lipinski definition) is 2. The van der Waals surface area contributed by atoms with Crippen molar-refractivity contribution in [2.45, 2.75) is 19.9 Å². The van der Waals surface area contributed by atoms with E-state index in [4.69, 9.17) is 4.74 Å². The van der Waals surface area contributed by atoms with E-state index in [0.717, 1.165) is 0 Å². The van der Waals surface area contributed by atoms with E-state index >= 15 is 0 Å². The summed E-state index contributed by atoms with van der Waals surface area (Å²) in [4.78, 5) is 12.0. The molecule has 0 unspecified atom stereocenters. The van der Waals surface area contributed by atoms with E-state index in [1.54, 1.807) is 0 Å². The fraction of sp³-hybridized carbons (Fsp3) is 0.214. The zero-order valence-corrected chi connectivity index (χ0v) is 10.3. The molecule has 0 radical (unpaired) electrons. The van der Waals surface area contributed by atoms with Crippen molar-refractivity contribution < 1.29 is 13.9 Å². The lowest BCUT2D eigenvalue weighted by molar-refractivity contribution is -0.116. The summed E-state index contributed by atoms with van der Waals surface area (Å²) >= 11 is 0. The van der Waals surface area contributed by atoms with Gasteiger partial charge in [0.2, 0.25) is 0 Å². The number of fused-ring (bicyclic) bond motifs is 1. The summed E-state index contributed by atoms with van der Waals surface area (Å²) < 4.78 is 18.6. The first-order valence-electron chi connectivity index (χ1n) is 5.66. The minimum atomic E-state index is -0.409. The Morgan fingerprint density at radius 3 is 2.83 bits per heavy atom. The largest absolute Gasteiger partial charge is 0.457 e. The van der Waals surface area contributed by atoms with Gasteiger partial charge in [-0.05, 0) is 38.1 Å². The van der Waals surface area contributed by atoms with Gasteiger partial charge in [-0.15, -0.1) is 0 Å². The van der Waals surface area contributed by atoms with E-state index in [2.05, 4.69) is 11.9 Å². The molecular formula is C14H14FNO2. The molecule has 0 saturated heterocycles. The third-order valence-electron chi connectivity index (χ3n) is 2.44. The van der Waals surface area contributed by atoms with Gasteiger partial charge in [-0.1, -0.05) is 6.58 Å². The van der Waals surface area contributed by atoms with Crippen molar-refractivity contribution in [2.24, 2.45) is 0 Å². The number of hydrogen-bond donors (Lipinski definition) is 1. The Labute approximate surface area is 105 Å². The molecule has 0 saturated carbocycles. The van der Waals surface area contributed by atoms with Crippen LogP contribution < -0.4 is 10.1 Å². The van der Waals surface area contributed by atoms with Crippen molar-refractivity contribution in [3.63, 3.8) is 0 Å². The van der Waals surface area contributed by atoms with Crippen LogP contribution in [-0.2, 0) is 4.79 Å². The highest BCUT2D eigenvalue weighted by atomic mass is 19.1. The van der Waals surface area contributed by atoms with Crippen LogP contribution in [-0.4, -0.2) is 11.9 Å². The molecule has 0 aliphatic carbocycles. The van der Waals surface area contributed by atoms with Crippen LogP contribution >= 0.6 is 0 Å². The maximum absolute atomic E-state index is 13.3. The highest BCUT2D eigenvalue weighted by molar-refractivity contribution is 6.21. The average molecular weight is 247 g/mol. The van der Waals surface area contributed by atoms with Crippen LogP contribution in [0.1, 0.15) is 19.4 Å². The van der Waals surface area contributed by atoms with Gasteiger partial charge in [-0.25, -0.2) is 4.39 Å². The molecule has 1 N–H and O–H groups in total. The Bertz CT molecular complexity index is 547. The van der Waals surface area contributed by atoms with Gasteiger partial charge in [-0.2, -0.15) is 0 Å². The van der Waals surface area contributed by atoms with Crippen LogP contribution in [0.15, 0.2) is 36.6 Å². The van der Waals surface area contributed by atoms with Crippen LogP contribution in [0.5, 0.6) is 5.75 Å². The van der Waals surface area contributed by atoms with Gasteiger partial charge < -0.3 is 10.1 Å². The Hall–Kier alpha value is -2.10. The molecule has 0 aromatic heterocycles. The smallest absolute Gasteiger partial charge is 0.252 e. The standard InChI is InChI=1S/C14H14FNO2/c1-8(2)16-14(17)12-6-9(3)18-13-5-4-10(15)7-11(12)13/h4-8H,3H2,1-2H3,(H,16,17). The van der Waals surface area contributed by atoms with Gasteiger partial charge in [0.05, 0.1) is 5.57 Å². The van der Waals surface area contributed by atoms with E-state index in [0.29, 0.717) is 22.6 Å². The second-order valence-corrected chi connectivity index (χ2v) is 4.40. The third-order valence-corrected chi connectivity index (χ3v) is 2.44. The highest BCUT2D eigenvalue weighted by Crippen LogP contribution is 2.33. The summed E-state index contributed by atoms with van der Waals surface area (Å²) in [6, 6.07) is 4.07. The van der Waals surface area contributed by atoms with E-state index in [-0.39, 0.29) is 11.9 Å². The molecule has 1 aliphatic heterocycles. The molecule has 0 fully saturated rings. The second-order valence-electron chi connectivity index (χ2n) is 4.40. The minimum absolute atomic E-state index is 0.00604. The van der Waals surface area contributed by atoms with Crippen molar-refractivity contribution in [3.05, 3.63) is 48.0 Å². The lowest BCUT2D eigenvalue weighted by Crippen LogP contribution is -2.31. The molecule has 4 heteroatoms. The summed E-state index contributed by atoms with van der Waals surface area (Å²) in [5.41, 5.74) is 0.815. The average Bonchev–Trinajstić information content (AvgIpc) is 2.27. The molecule has 0 atom stereocenters. The lowest BCUT2D eigenvalue weighted by Gasteiger charge is -2.20. The summed E-state index contributed by atoms with van der Waals surface area (Å²) in [6.07, 6.45) is 1.51. The molecule has 0 bridgehead atoms. The Morgan fingerprint density at radius 2 is 2.17 bits per heavy atom. The van der Waals surface area contributed by atoms with Gasteiger partial charge in [0.15, 0.2) is 0 Å². The molecule has 18 heavy (non-hydrogen) atoms. The monoisotopic (exact) mass is 247 g/mol. The van der Waals surface area contributed by atoms with Crippen LogP contribution in [0.4, 0.5) is 4.39 Å². The van der Waals surface area contributed by atoms with Crippen LogP contribution in [0.3, 0.4) is 0 Å². The van der Waals surface area contributed by atoms with E-state index in [9.17, 15) is 9.18 Å². The molecule has 3 nitrogen and oxygen atoms in total. The van der Waals surface area contributed by atoms with Crippen molar-refractivity contribution in [2.75, 3.05) is 0 Å². The van der Waals surface area contributed by atoms with E-state index in [1.807, 2.05) is 13.8 Å². The fourth-order valence-corrected chi connectivity index (χ4v) is 1.74. The third kappa shape index (κ3) is 2.42. The number of benzene rings is 1. The predicted octanol–water partition coefficient (Wildman–Crippen LogP) is 2.64. The van der Waals surface area contributed by atoms with Gasteiger partial charge >= 0.3 is 0 Å². The maximum Gasteiger partial charge on any atom is 0.252 e. The number of ether oxygens (including phenoxy) is 1. The first-order chi connectivity index (χ1) is 8.47. The molecule has 0 spiro atoms. The normalized spacial score (nSPS) is 13.8. The molecular weight excluding hydrogens is 233 g/mol. The molecule has 1 aliphatic rings. The molecule has 1 heterocycles. The minimum Gasteiger partial charge on any atom is -0.457 e. The molecule has 1 aromatic rings. The van der Waals surface area contributed by atoms with Gasteiger partial charge in [-0.3, -0.25) is 4.79 Å². The SMILES string of the molecule is C=C1C=C(C(=O)NC(C)C)c2cc(F)ccc2O1. The maximum atomic E-state index is 13.3. The zero-order chi connectivity index (χ0) is 13.3. The van der Waals surface area contributed by atoms with Crippen molar-refractivity contribution >= 4 is 11.5 Å². The van der Waals surface area contributed by atoms with Crippen molar-refractivity contribution in [1.82, 2.24) is 5.32 Å². The summed E-state index contributed by atoms with van der Waals surface area (Å²) in [5, 5.41) is 2.77. The molecule has 94 valence electrons. The van der Waals surface area contributed by atoms with Crippen LogP contribution in [0.25, 0.3) is 5.57 Å². The topological polar surface area (TPSA) is 38.3 Å². The van der Waals surface area contributed by atoms with Crippen LogP contribution in [0.2, 0.25) is 0 Å². The number of nitrogens with one attached hydrogen (secondary N) is 1. The Kier molecular flexibility index (Phi) is 3.19. The Balaban J connectivity index is 2.43. The van der Waals surface area contributed by atoms with E-state index < -0.39 is 5.82 Å². The van der Waals surface area contributed by atoms with Crippen LogP contribution in [0, 0.1) is 5.82 Å². The van der Waals surface area contributed by atoms with Gasteiger partial charge in [0, 0.05) is 11.6 Å². The van der Waals surface area contributed by atoms with Gasteiger partial charge in [0.25, 0.3) is 5.91 Å². The Morgan fingerprint density at radius 1 is 1.44 bits per heavy atom. The fourth-order valence-electron chi connectivity index (χ4n) is 1.74. The molecule has 1 aromatic carbocycles. The summed E-state index contributed by atoms with van der Waals surface area (Å²) in [5.74, 6) is 0.134. The van der Waals surface area contributed by atoms with Crippen molar-refractivity contribution in [1.29, 1.82) is 0 Å². The summed E-state index contributed by atoms with van der Waals surface area (Å²) in [7, 11) is 0. The zero-order valence-electron chi connectivity index (χ0n) is 10.3. The molecule has 1 amide bonds. The number of rotatable bonds is 2. The number of allylic oxidation sites excluding steroid dienone is 1. The predicted molar refractivity (Wildman–Crippen MR) is 67.4 cm³/mol. The number of carbonyl (C=O) groups excluding carboxylic acids is 1. The second kappa shape index (κ2) is 4.64. The quantitative estimate of drug-likeness (QED) is 0.872.